The van der Waals surface area contributed by atoms with Gasteiger partial charge in [0.25, 0.3) is 5.91 Å². The first-order valence-corrected chi connectivity index (χ1v) is 8.59. The van der Waals surface area contributed by atoms with Gasteiger partial charge in [-0.25, -0.2) is 0 Å². The maximum Gasteiger partial charge on any atom is 0.277 e. The van der Waals surface area contributed by atoms with Crippen LogP contribution in [0.3, 0.4) is 0 Å². The van der Waals surface area contributed by atoms with Crippen molar-refractivity contribution in [1.82, 2.24) is 20.4 Å². The van der Waals surface area contributed by atoms with Crippen LogP contribution in [0.4, 0.5) is 11.6 Å². The third-order valence-corrected chi connectivity index (χ3v) is 4.29. The number of carbonyl (C=O) groups excluding carboxylic acids is 1. The number of nitrogens with one attached hydrogen (secondary N) is 1. The molecule has 0 saturated carbocycles. The van der Waals surface area contributed by atoms with Crippen LogP contribution in [0.25, 0.3) is 11.3 Å². The van der Waals surface area contributed by atoms with Crippen molar-refractivity contribution in [2.45, 2.75) is 12.8 Å². The van der Waals surface area contributed by atoms with E-state index in [2.05, 4.69) is 30.6 Å². The van der Waals surface area contributed by atoms with Gasteiger partial charge in [-0.1, -0.05) is 30.3 Å². The van der Waals surface area contributed by atoms with Crippen LogP contribution < -0.4 is 10.2 Å². The summed E-state index contributed by atoms with van der Waals surface area (Å²) in [7, 11) is 0. The lowest BCUT2D eigenvalue weighted by molar-refractivity contribution is 0.102. The molecule has 1 aliphatic heterocycles. The van der Waals surface area contributed by atoms with Gasteiger partial charge in [-0.3, -0.25) is 4.79 Å². The molecule has 1 N–H and O–H groups in total. The normalized spacial score (nSPS) is 13.6. The molecule has 7 nitrogen and oxygen atoms in total. The molecular formula is C19H18N6O. The quantitative estimate of drug-likeness (QED) is 0.782. The number of rotatable bonds is 4. The minimum atomic E-state index is -0.354. The number of hydrogen-bond donors (Lipinski definition) is 1. The number of anilines is 2. The molecule has 1 aromatic carbocycles. The highest BCUT2D eigenvalue weighted by Crippen LogP contribution is 2.18. The maximum absolute atomic E-state index is 12.3. The largest absolute Gasteiger partial charge is 0.355 e. The molecule has 1 saturated heterocycles. The Bertz CT molecular complexity index is 874. The van der Waals surface area contributed by atoms with Crippen molar-refractivity contribution in [3.63, 3.8) is 0 Å². The number of aromatic nitrogens is 4. The Morgan fingerprint density at radius 1 is 0.846 bits per heavy atom. The summed E-state index contributed by atoms with van der Waals surface area (Å²) in [4.78, 5) is 14.5. The van der Waals surface area contributed by atoms with E-state index in [1.807, 2.05) is 42.5 Å². The second-order valence-corrected chi connectivity index (χ2v) is 6.09. The number of carbonyl (C=O) groups is 1. The minimum Gasteiger partial charge on any atom is -0.355 e. The third-order valence-electron chi connectivity index (χ3n) is 4.29. The summed E-state index contributed by atoms with van der Waals surface area (Å²) >= 11 is 0. The van der Waals surface area contributed by atoms with E-state index in [0.29, 0.717) is 5.82 Å². The fourth-order valence-electron chi connectivity index (χ4n) is 2.90. The van der Waals surface area contributed by atoms with E-state index < -0.39 is 0 Å². The highest BCUT2D eigenvalue weighted by Gasteiger charge is 2.15. The fraction of sp³-hybridized carbons (Fsp3) is 0.211. The predicted molar refractivity (Wildman–Crippen MR) is 98.9 cm³/mol. The summed E-state index contributed by atoms with van der Waals surface area (Å²) in [6.07, 6.45) is 2.34. The lowest BCUT2D eigenvalue weighted by Gasteiger charge is -2.15. The van der Waals surface area contributed by atoms with Gasteiger partial charge in [-0.2, -0.15) is 0 Å². The Kier molecular flexibility index (Phi) is 4.51. The SMILES string of the molecule is O=C(Nc1ccc(-c2ccccc2)nn1)c1ccc(N2CCCC2)nn1. The number of hydrogen-bond acceptors (Lipinski definition) is 6. The molecule has 7 heteroatoms. The molecule has 0 unspecified atom stereocenters. The zero-order chi connectivity index (χ0) is 17.8. The van der Waals surface area contributed by atoms with Crippen LogP contribution in [-0.4, -0.2) is 39.4 Å². The van der Waals surface area contributed by atoms with Crippen molar-refractivity contribution in [3.05, 3.63) is 60.3 Å². The maximum atomic E-state index is 12.3. The second kappa shape index (κ2) is 7.26. The van der Waals surface area contributed by atoms with E-state index in [4.69, 9.17) is 0 Å². The molecule has 1 aliphatic rings. The average molecular weight is 346 g/mol. The van der Waals surface area contributed by atoms with E-state index in [9.17, 15) is 4.79 Å². The molecule has 3 aromatic rings. The second-order valence-electron chi connectivity index (χ2n) is 6.09. The summed E-state index contributed by atoms with van der Waals surface area (Å²) in [5.41, 5.74) is 1.97. The smallest absolute Gasteiger partial charge is 0.277 e. The van der Waals surface area contributed by atoms with Gasteiger partial charge < -0.3 is 10.2 Å². The van der Waals surface area contributed by atoms with Crippen molar-refractivity contribution in [2.75, 3.05) is 23.3 Å². The molecule has 1 amide bonds. The summed E-state index contributed by atoms with van der Waals surface area (Å²) in [6, 6.07) is 16.8. The Morgan fingerprint density at radius 3 is 2.31 bits per heavy atom. The van der Waals surface area contributed by atoms with Crippen molar-refractivity contribution >= 4 is 17.5 Å². The van der Waals surface area contributed by atoms with Crippen molar-refractivity contribution in [2.24, 2.45) is 0 Å². The van der Waals surface area contributed by atoms with Crippen LogP contribution in [0, 0.1) is 0 Å². The van der Waals surface area contributed by atoms with Gasteiger partial charge in [-0.05, 0) is 37.1 Å². The molecule has 2 aromatic heterocycles. The summed E-state index contributed by atoms with van der Waals surface area (Å²) < 4.78 is 0. The van der Waals surface area contributed by atoms with Crippen molar-refractivity contribution in [1.29, 1.82) is 0 Å². The molecule has 0 bridgehead atoms. The standard InChI is InChI=1S/C19H18N6O/c26-19(16-9-11-18(24-22-16)25-12-4-5-13-25)20-17-10-8-15(21-23-17)14-6-2-1-3-7-14/h1-3,6-11H,4-5,12-13H2,(H,20,23,26). The Labute approximate surface area is 151 Å². The van der Waals surface area contributed by atoms with Crippen molar-refractivity contribution < 1.29 is 4.79 Å². The summed E-state index contributed by atoms with van der Waals surface area (Å²) in [5, 5.41) is 19.1. The molecule has 26 heavy (non-hydrogen) atoms. The van der Waals surface area contributed by atoms with E-state index in [1.54, 1.807) is 12.1 Å². The van der Waals surface area contributed by atoms with E-state index in [0.717, 1.165) is 30.2 Å². The Morgan fingerprint density at radius 2 is 1.65 bits per heavy atom. The van der Waals surface area contributed by atoms with Crippen LogP contribution in [-0.2, 0) is 0 Å². The minimum absolute atomic E-state index is 0.252. The molecule has 4 rings (SSSR count). The Hall–Kier alpha value is -3.35. The highest BCUT2D eigenvalue weighted by atomic mass is 16.2. The fourth-order valence-corrected chi connectivity index (χ4v) is 2.90. The first kappa shape index (κ1) is 16.1. The van der Waals surface area contributed by atoms with Gasteiger partial charge in [0.2, 0.25) is 0 Å². The summed E-state index contributed by atoms with van der Waals surface area (Å²) in [6.45, 7) is 1.98. The Balaban J connectivity index is 1.42. The van der Waals surface area contributed by atoms with Crippen LogP contribution in [0.1, 0.15) is 23.3 Å². The molecular weight excluding hydrogens is 328 g/mol. The van der Waals surface area contributed by atoms with Crippen molar-refractivity contribution in [3.8, 4) is 11.3 Å². The van der Waals surface area contributed by atoms with E-state index in [-0.39, 0.29) is 11.6 Å². The van der Waals surface area contributed by atoms with E-state index in [1.165, 1.54) is 12.8 Å². The van der Waals surface area contributed by atoms with Gasteiger partial charge >= 0.3 is 0 Å². The van der Waals surface area contributed by atoms with Gasteiger partial charge in [0.1, 0.15) is 0 Å². The van der Waals surface area contributed by atoms with E-state index >= 15 is 0 Å². The third kappa shape index (κ3) is 3.51. The number of benzene rings is 1. The number of nitrogens with zero attached hydrogens (tertiary/aromatic N) is 5. The van der Waals surface area contributed by atoms with Crippen LogP contribution in [0.5, 0.6) is 0 Å². The number of amides is 1. The molecule has 0 atom stereocenters. The highest BCUT2D eigenvalue weighted by molar-refractivity contribution is 6.02. The monoisotopic (exact) mass is 346 g/mol. The predicted octanol–water partition coefficient (Wildman–Crippen LogP) is 2.79. The lowest BCUT2D eigenvalue weighted by atomic mass is 10.1. The van der Waals surface area contributed by atoms with Crippen LogP contribution in [0.2, 0.25) is 0 Å². The average Bonchev–Trinajstić information content (AvgIpc) is 3.24. The first-order chi connectivity index (χ1) is 12.8. The zero-order valence-corrected chi connectivity index (χ0v) is 14.2. The summed E-state index contributed by atoms with van der Waals surface area (Å²) in [5.74, 6) is 0.832. The molecule has 0 aliphatic carbocycles. The molecule has 0 spiro atoms. The topological polar surface area (TPSA) is 83.9 Å². The lowest BCUT2D eigenvalue weighted by Crippen LogP contribution is -2.21. The molecule has 0 radical (unpaired) electrons. The van der Waals surface area contributed by atoms with Gasteiger partial charge in [0.15, 0.2) is 17.3 Å². The zero-order valence-electron chi connectivity index (χ0n) is 14.2. The van der Waals surface area contributed by atoms with Gasteiger partial charge in [0.05, 0.1) is 5.69 Å². The van der Waals surface area contributed by atoms with Crippen LogP contribution in [0.15, 0.2) is 54.6 Å². The van der Waals surface area contributed by atoms with Gasteiger partial charge in [-0.15, -0.1) is 20.4 Å². The first-order valence-electron chi connectivity index (χ1n) is 8.59. The molecule has 130 valence electrons. The van der Waals surface area contributed by atoms with Gasteiger partial charge in [0, 0.05) is 18.7 Å². The molecule has 1 fully saturated rings. The molecule has 3 heterocycles. The van der Waals surface area contributed by atoms with Crippen LogP contribution >= 0.6 is 0 Å².